The van der Waals surface area contributed by atoms with E-state index in [0.29, 0.717) is 34.1 Å². The van der Waals surface area contributed by atoms with E-state index in [4.69, 9.17) is 18.9 Å². The van der Waals surface area contributed by atoms with Crippen molar-refractivity contribution in [3.05, 3.63) is 59.0 Å². The van der Waals surface area contributed by atoms with Gasteiger partial charge in [-0.3, -0.25) is 0 Å². The normalized spacial score (nSPS) is 12.5. The van der Waals surface area contributed by atoms with Crippen LogP contribution < -0.4 is 18.9 Å². The molecule has 0 atom stereocenters. The van der Waals surface area contributed by atoms with E-state index in [-0.39, 0.29) is 0 Å². The number of methoxy groups -OCH3 is 4. The highest BCUT2D eigenvalue weighted by Crippen LogP contribution is 2.37. The van der Waals surface area contributed by atoms with Crippen LogP contribution in [0.2, 0.25) is 0 Å². The number of hydrogen-bond donors (Lipinski definition) is 4. The van der Waals surface area contributed by atoms with Crippen LogP contribution in [0.5, 0.6) is 23.0 Å². The summed E-state index contributed by atoms with van der Waals surface area (Å²) in [4.78, 5) is 0. The van der Waals surface area contributed by atoms with Crippen LogP contribution in [0.4, 0.5) is 0 Å². The van der Waals surface area contributed by atoms with Gasteiger partial charge in [-0.05, 0) is 47.5 Å². The first kappa shape index (κ1) is 23.9. The number of benzene rings is 2. The van der Waals surface area contributed by atoms with Crippen molar-refractivity contribution in [1.82, 2.24) is 0 Å². The third kappa shape index (κ3) is 5.04. The zero-order valence-corrected chi connectivity index (χ0v) is 18.0. The highest BCUT2D eigenvalue weighted by atomic mass is 16.5. The molecule has 2 rings (SSSR count). The summed E-state index contributed by atoms with van der Waals surface area (Å²) in [6.07, 6.45) is 2.65. The second-order valence-electron chi connectivity index (χ2n) is 6.69. The van der Waals surface area contributed by atoms with E-state index < -0.39 is 30.1 Å². The van der Waals surface area contributed by atoms with E-state index in [2.05, 4.69) is 0 Å². The molecule has 0 unspecified atom stereocenters. The van der Waals surface area contributed by atoms with Crippen molar-refractivity contribution < 1.29 is 39.4 Å². The first-order valence-electron chi connectivity index (χ1n) is 9.37. The van der Waals surface area contributed by atoms with E-state index in [1.807, 2.05) is 0 Å². The van der Waals surface area contributed by atoms with E-state index in [1.165, 1.54) is 40.6 Å². The molecule has 0 radical (unpaired) electrons. The van der Waals surface area contributed by atoms with Crippen molar-refractivity contribution in [3.8, 4) is 23.0 Å². The lowest BCUT2D eigenvalue weighted by Gasteiger charge is -2.28. The molecule has 0 heterocycles. The van der Waals surface area contributed by atoms with Gasteiger partial charge in [0.2, 0.25) is 0 Å². The fourth-order valence-corrected chi connectivity index (χ4v) is 2.98. The Labute approximate surface area is 181 Å². The minimum Gasteiger partial charge on any atom is -0.511 e. The monoisotopic (exact) mass is 432 g/mol. The van der Waals surface area contributed by atoms with Crippen LogP contribution in [0.1, 0.15) is 11.1 Å². The SMILES string of the molecule is COc1ccc(C=C(O)C(CO)(CO)C(O)=Cc2ccc(OC)c(OC)c2)cc1OC. The topological polar surface area (TPSA) is 118 Å². The van der Waals surface area contributed by atoms with Crippen molar-refractivity contribution in [1.29, 1.82) is 0 Å². The number of ether oxygens (including phenoxy) is 4. The highest BCUT2D eigenvalue weighted by molar-refractivity contribution is 5.62. The van der Waals surface area contributed by atoms with Gasteiger partial charge in [0.05, 0.1) is 41.7 Å². The van der Waals surface area contributed by atoms with Gasteiger partial charge in [-0.25, -0.2) is 0 Å². The quantitative estimate of drug-likeness (QED) is 0.423. The molecule has 2 aromatic carbocycles. The predicted molar refractivity (Wildman–Crippen MR) is 117 cm³/mol. The zero-order chi connectivity index (χ0) is 23.0. The van der Waals surface area contributed by atoms with Gasteiger partial charge in [0.25, 0.3) is 0 Å². The fraction of sp³-hybridized carbons (Fsp3) is 0.304. The first-order valence-corrected chi connectivity index (χ1v) is 9.37. The minimum atomic E-state index is -1.82. The second-order valence-corrected chi connectivity index (χ2v) is 6.69. The molecule has 0 amide bonds. The number of aliphatic hydroxyl groups excluding tert-OH is 4. The molecule has 0 saturated heterocycles. The maximum atomic E-state index is 10.8. The Kier molecular flexibility index (Phi) is 8.18. The standard InChI is InChI=1S/C23H28O8/c1-28-17-7-5-15(9-19(17)30-3)11-21(26)23(13-24,14-25)22(27)12-16-6-8-18(29-2)20(10-16)31-4/h5-12,24-27H,13-14H2,1-4H3. The van der Waals surface area contributed by atoms with Crippen LogP contribution in [0.15, 0.2) is 47.9 Å². The van der Waals surface area contributed by atoms with Crippen molar-refractivity contribution >= 4 is 12.2 Å². The lowest BCUT2D eigenvalue weighted by atomic mass is 9.83. The molecule has 0 aromatic heterocycles. The summed E-state index contributed by atoms with van der Waals surface area (Å²) >= 11 is 0. The fourth-order valence-electron chi connectivity index (χ4n) is 2.98. The van der Waals surface area contributed by atoms with Crippen LogP contribution in [-0.4, -0.2) is 62.1 Å². The highest BCUT2D eigenvalue weighted by Gasteiger charge is 2.38. The number of aliphatic hydroxyl groups is 4. The van der Waals surface area contributed by atoms with E-state index in [0.717, 1.165) is 0 Å². The Bertz CT molecular complexity index is 871. The van der Waals surface area contributed by atoms with E-state index >= 15 is 0 Å². The van der Waals surface area contributed by atoms with Gasteiger partial charge in [-0.1, -0.05) is 12.1 Å². The third-order valence-electron chi connectivity index (χ3n) is 4.94. The molecule has 2 aromatic rings. The average Bonchev–Trinajstić information content (AvgIpc) is 2.79. The number of hydrogen-bond acceptors (Lipinski definition) is 8. The molecule has 8 heteroatoms. The Morgan fingerprint density at radius 3 is 1.32 bits per heavy atom. The minimum absolute atomic E-state index is 0.432. The van der Waals surface area contributed by atoms with Crippen LogP contribution in [0.3, 0.4) is 0 Å². The number of rotatable bonds is 10. The molecular weight excluding hydrogens is 404 g/mol. The van der Waals surface area contributed by atoms with Crippen LogP contribution in [-0.2, 0) is 0 Å². The van der Waals surface area contributed by atoms with Gasteiger partial charge >= 0.3 is 0 Å². The largest absolute Gasteiger partial charge is 0.511 e. The maximum Gasteiger partial charge on any atom is 0.161 e. The van der Waals surface area contributed by atoms with Gasteiger partial charge in [0.1, 0.15) is 16.9 Å². The molecule has 0 bridgehead atoms. The third-order valence-corrected chi connectivity index (χ3v) is 4.94. The molecular formula is C23H28O8. The summed E-state index contributed by atoms with van der Waals surface area (Å²) in [7, 11) is 5.97. The average molecular weight is 432 g/mol. The molecule has 0 saturated carbocycles. The molecule has 31 heavy (non-hydrogen) atoms. The van der Waals surface area contributed by atoms with E-state index in [1.54, 1.807) is 36.4 Å². The summed E-state index contributed by atoms with van der Waals surface area (Å²) in [5.74, 6) is 1.02. The Morgan fingerprint density at radius 2 is 1.03 bits per heavy atom. The van der Waals surface area contributed by atoms with Gasteiger partial charge in [0.15, 0.2) is 23.0 Å². The second kappa shape index (κ2) is 10.6. The van der Waals surface area contributed by atoms with Gasteiger partial charge in [-0.15, -0.1) is 0 Å². The van der Waals surface area contributed by atoms with Crippen molar-refractivity contribution in [2.45, 2.75) is 0 Å². The summed E-state index contributed by atoms with van der Waals surface area (Å²) in [5, 5.41) is 41.5. The van der Waals surface area contributed by atoms with Crippen LogP contribution in [0.25, 0.3) is 12.2 Å². The molecule has 0 aliphatic rings. The molecule has 0 fully saturated rings. The lowest BCUT2D eigenvalue weighted by molar-refractivity contribution is 0.0487. The van der Waals surface area contributed by atoms with E-state index in [9.17, 15) is 20.4 Å². The molecule has 0 aliphatic heterocycles. The Hall–Kier alpha value is -3.36. The summed E-state index contributed by atoms with van der Waals surface area (Å²) < 4.78 is 20.9. The molecule has 0 spiro atoms. The lowest BCUT2D eigenvalue weighted by Crippen LogP contribution is -2.34. The summed E-state index contributed by atoms with van der Waals surface area (Å²) in [5.41, 5.74) is -0.791. The van der Waals surface area contributed by atoms with Crippen molar-refractivity contribution in [2.24, 2.45) is 5.41 Å². The van der Waals surface area contributed by atoms with Crippen LogP contribution >= 0.6 is 0 Å². The smallest absolute Gasteiger partial charge is 0.161 e. The zero-order valence-electron chi connectivity index (χ0n) is 18.0. The summed E-state index contributed by atoms with van der Waals surface area (Å²) in [6, 6.07) is 9.85. The maximum absolute atomic E-state index is 10.8. The molecule has 8 nitrogen and oxygen atoms in total. The Balaban J connectivity index is 2.48. The van der Waals surface area contributed by atoms with Crippen LogP contribution in [0, 0.1) is 5.41 Å². The van der Waals surface area contributed by atoms with Crippen molar-refractivity contribution in [2.75, 3.05) is 41.7 Å². The van der Waals surface area contributed by atoms with Gasteiger partial charge < -0.3 is 39.4 Å². The molecule has 0 aliphatic carbocycles. The molecule has 4 N–H and O–H groups in total. The van der Waals surface area contributed by atoms with Crippen molar-refractivity contribution in [3.63, 3.8) is 0 Å². The summed E-state index contributed by atoms with van der Waals surface area (Å²) in [6.45, 7) is -1.48. The predicted octanol–water partition coefficient (Wildman–Crippen LogP) is 3.19. The Morgan fingerprint density at radius 1 is 0.677 bits per heavy atom. The first-order chi connectivity index (χ1) is 14.9. The molecule has 168 valence electrons. The van der Waals surface area contributed by atoms with Gasteiger partial charge in [-0.2, -0.15) is 0 Å². The van der Waals surface area contributed by atoms with Gasteiger partial charge in [0, 0.05) is 0 Å².